The van der Waals surface area contributed by atoms with Gasteiger partial charge in [0.15, 0.2) is 5.69 Å². The van der Waals surface area contributed by atoms with Crippen LogP contribution in [0.4, 0.5) is 18.0 Å². The maximum Gasteiger partial charge on any atom is 0.435 e. The molecule has 0 aliphatic carbocycles. The Balaban J connectivity index is 1.68. The Kier molecular flexibility index (Phi) is 11.0. The van der Waals surface area contributed by atoms with E-state index in [4.69, 9.17) is 9.57 Å². The fourth-order valence-corrected chi connectivity index (χ4v) is 4.68. The van der Waals surface area contributed by atoms with E-state index in [1.54, 1.807) is 42.8 Å². The van der Waals surface area contributed by atoms with E-state index >= 15 is 0 Å². The van der Waals surface area contributed by atoms with Crippen molar-refractivity contribution in [3.63, 3.8) is 0 Å². The molecule has 0 saturated carbocycles. The molecule has 2 aromatic carbocycles. The van der Waals surface area contributed by atoms with E-state index in [2.05, 4.69) is 15.1 Å². The van der Waals surface area contributed by atoms with Crippen molar-refractivity contribution in [1.82, 2.24) is 19.5 Å². The molecule has 1 atom stereocenters. The van der Waals surface area contributed by atoms with Gasteiger partial charge in [-0.15, -0.1) is 5.01 Å². The van der Waals surface area contributed by atoms with Crippen LogP contribution in [0, 0.1) is 12.1 Å². The Morgan fingerprint density at radius 1 is 1.11 bits per heavy atom. The predicted octanol–water partition coefficient (Wildman–Crippen LogP) is 4.71. The Bertz CT molecular complexity index is 1630. The molecule has 3 aromatic rings. The quantitative estimate of drug-likeness (QED) is 0.0948. The van der Waals surface area contributed by atoms with E-state index in [1.807, 2.05) is 6.92 Å². The van der Waals surface area contributed by atoms with Crippen molar-refractivity contribution >= 4 is 22.1 Å². The largest absolute Gasteiger partial charge is 0.569 e. The molecule has 0 spiro atoms. The first-order valence-electron chi connectivity index (χ1n) is 13.3. The number of carbonyl (C=O) groups excluding carboxylic acids is 2. The van der Waals surface area contributed by atoms with Gasteiger partial charge < -0.3 is 14.7 Å². The number of nitrogens with one attached hydrogen (secondary N) is 1. The summed E-state index contributed by atoms with van der Waals surface area (Å²) in [6.07, 6.45) is -7.20. The van der Waals surface area contributed by atoms with Crippen molar-refractivity contribution < 1.29 is 50.5 Å². The zero-order chi connectivity index (χ0) is 33.5. The maximum absolute atomic E-state index is 13.5. The van der Waals surface area contributed by atoms with E-state index in [0.29, 0.717) is 5.56 Å². The fourth-order valence-electron chi connectivity index (χ4n) is 3.79. The van der Waals surface area contributed by atoms with Crippen LogP contribution < -0.4 is 4.72 Å². The van der Waals surface area contributed by atoms with Gasteiger partial charge in [0, 0.05) is 19.4 Å². The van der Waals surface area contributed by atoms with Gasteiger partial charge >= 0.3 is 18.2 Å². The van der Waals surface area contributed by atoms with Gasteiger partial charge in [0.1, 0.15) is 13.2 Å². The highest BCUT2D eigenvalue weighted by Crippen LogP contribution is 2.33. The average molecular weight is 657 g/mol. The van der Waals surface area contributed by atoms with Crippen LogP contribution in [-0.4, -0.2) is 65.7 Å². The molecule has 14 nitrogen and oxygen atoms in total. The summed E-state index contributed by atoms with van der Waals surface area (Å²) in [5.41, 5.74) is 0.491. The monoisotopic (exact) mass is 656 g/mol. The smallest absolute Gasteiger partial charge is 0.435 e. The second-order valence-corrected chi connectivity index (χ2v) is 11.5. The standard InChI is InChI=1S/C27H31F3N6O8S/c1-17(2)34(36(39)33-44-20(5)43-19(4)37)14-15-42-26(38)32-45(40,41)23-12-10-22(11-13-23)35-24(16-25(31-35)27(28,29)30)21-8-6-18(3)7-9-21/h6-13,16-17,20H,14-15H2,1-5H3,(H,32,38)/b36-33-. The number of hydrogen-bond donors (Lipinski definition) is 1. The second kappa shape index (κ2) is 14.3. The van der Waals surface area contributed by atoms with Crippen molar-refractivity contribution in [2.75, 3.05) is 13.2 Å². The third-order valence-corrected chi connectivity index (χ3v) is 7.25. The Labute approximate surface area is 256 Å². The van der Waals surface area contributed by atoms with Crippen LogP contribution in [0.2, 0.25) is 0 Å². The summed E-state index contributed by atoms with van der Waals surface area (Å²) in [5.74, 6) is -0.647. The number of aryl methyl sites for hydroxylation is 1. The van der Waals surface area contributed by atoms with Crippen molar-refractivity contribution in [2.45, 2.75) is 58.0 Å². The predicted molar refractivity (Wildman–Crippen MR) is 151 cm³/mol. The highest BCUT2D eigenvalue weighted by Gasteiger charge is 2.35. The van der Waals surface area contributed by atoms with Crippen LogP contribution in [0.25, 0.3) is 16.9 Å². The fraction of sp³-hybridized carbons (Fsp3) is 0.370. The van der Waals surface area contributed by atoms with Crippen LogP contribution in [0.3, 0.4) is 0 Å². The number of halogens is 3. The minimum atomic E-state index is -4.72. The van der Waals surface area contributed by atoms with Crippen molar-refractivity contribution in [3.05, 3.63) is 71.1 Å². The number of amides is 1. The van der Waals surface area contributed by atoms with Crippen molar-refractivity contribution in [3.8, 4) is 16.9 Å². The number of hydrogen-bond acceptors (Lipinski definition) is 10. The minimum absolute atomic E-state index is 0.0612. The van der Waals surface area contributed by atoms with E-state index in [-0.39, 0.29) is 27.8 Å². The first-order valence-corrected chi connectivity index (χ1v) is 14.8. The van der Waals surface area contributed by atoms with Gasteiger partial charge in [-0.3, -0.25) is 9.63 Å². The van der Waals surface area contributed by atoms with E-state index in [9.17, 15) is 36.4 Å². The molecule has 1 aromatic heterocycles. The number of aromatic nitrogens is 2. The Morgan fingerprint density at radius 2 is 1.73 bits per heavy atom. The van der Waals surface area contributed by atoms with E-state index in [0.717, 1.165) is 40.4 Å². The van der Waals surface area contributed by atoms with Crippen molar-refractivity contribution in [2.24, 2.45) is 5.28 Å². The van der Waals surface area contributed by atoms with E-state index < -0.39 is 52.9 Å². The number of alkyl halides is 3. The molecule has 1 amide bonds. The van der Waals surface area contributed by atoms with Crippen LogP contribution in [0.15, 0.2) is 64.8 Å². The Hall–Kier alpha value is -4.87. The van der Waals surface area contributed by atoms with E-state index in [1.165, 1.54) is 19.1 Å². The number of ether oxygens (including phenoxy) is 2. The molecule has 1 unspecified atom stereocenters. The minimum Gasteiger partial charge on any atom is -0.569 e. The normalized spacial score (nSPS) is 12.9. The van der Waals surface area contributed by atoms with Crippen LogP contribution in [0.1, 0.15) is 39.0 Å². The number of benzene rings is 2. The molecule has 244 valence electrons. The Morgan fingerprint density at radius 3 is 2.29 bits per heavy atom. The van der Waals surface area contributed by atoms with Crippen molar-refractivity contribution in [1.29, 1.82) is 0 Å². The average Bonchev–Trinajstić information content (AvgIpc) is 3.40. The number of hydrazine groups is 1. The molecular formula is C27H31F3N6O8S. The summed E-state index contributed by atoms with van der Waals surface area (Å²) < 4.78 is 78.3. The van der Waals surface area contributed by atoms with Gasteiger partial charge in [-0.2, -0.15) is 18.3 Å². The second-order valence-electron chi connectivity index (χ2n) is 9.80. The zero-order valence-electron chi connectivity index (χ0n) is 24.8. The molecule has 3 rings (SSSR count). The number of sulfonamides is 1. The molecule has 0 radical (unpaired) electrons. The summed E-state index contributed by atoms with van der Waals surface area (Å²) in [5, 5.41) is 20.3. The molecule has 1 N–H and O–H groups in total. The van der Waals surface area contributed by atoms with Gasteiger partial charge in [0.25, 0.3) is 16.3 Å². The lowest BCUT2D eigenvalue weighted by Crippen LogP contribution is -2.41. The molecule has 0 aliphatic rings. The van der Waals surface area contributed by atoms with Crippen LogP contribution >= 0.6 is 0 Å². The molecule has 0 saturated heterocycles. The lowest BCUT2D eigenvalue weighted by Gasteiger charge is -2.21. The summed E-state index contributed by atoms with van der Waals surface area (Å²) in [7, 11) is -4.45. The number of esters is 1. The summed E-state index contributed by atoms with van der Waals surface area (Å²) in [6, 6.07) is 11.8. The molecule has 0 bridgehead atoms. The third kappa shape index (κ3) is 9.56. The summed E-state index contributed by atoms with van der Waals surface area (Å²) in [6.45, 7) is 6.91. The number of nitrogens with zero attached hydrogens (tertiary/aromatic N) is 5. The number of rotatable bonds is 12. The zero-order valence-corrected chi connectivity index (χ0v) is 25.6. The molecular weight excluding hydrogens is 625 g/mol. The first kappa shape index (κ1) is 34.6. The maximum atomic E-state index is 13.5. The lowest BCUT2D eigenvalue weighted by molar-refractivity contribution is -0.719. The SMILES string of the molecule is CC(=O)OC(C)O/N=[N+](\[O-])N(CCOC(=O)NS(=O)(=O)c1ccc(-n2nc(C(F)(F)F)cc2-c2ccc(C)cc2)cc1)C(C)C. The van der Waals surface area contributed by atoms with Gasteiger partial charge in [0.2, 0.25) is 5.28 Å². The number of carbonyl (C=O) groups is 2. The van der Waals surface area contributed by atoms with Crippen LogP contribution in [-0.2, 0) is 35.3 Å². The molecule has 1 heterocycles. The molecule has 0 fully saturated rings. The highest BCUT2D eigenvalue weighted by molar-refractivity contribution is 7.90. The molecule has 18 heteroatoms. The highest BCUT2D eigenvalue weighted by atomic mass is 32.2. The van der Waals surface area contributed by atoms with Gasteiger partial charge in [-0.1, -0.05) is 29.8 Å². The lowest BCUT2D eigenvalue weighted by atomic mass is 10.1. The summed E-state index contributed by atoms with van der Waals surface area (Å²) >= 11 is 0. The van der Waals surface area contributed by atoms with Gasteiger partial charge in [0.05, 0.1) is 27.3 Å². The molecule has 45 heavy (non-hydrogen) atoms. The van der Waals surface area contributed by atoms with Gasteiger partial charge in [-0.25, -0.2) is 22.6 Å². The summed E-state index contributed by atoms with van der Waals surface area (Å²) in [4.78, 5) is 27.6. The van der Waals surface area contributed by atoms with Crippen LogP contribution in [0.5, 0.6) is 0 Å². The van der Waals surface area contributed by atoms with Gasteiger partial charge in [-0.05, 0) is 51.1 Å². The topological polar surface area (TPSA) is 167 Å². The first-order chi connectivity index (χ1) is 21.0. The molecule has 0 aliphatic heterocycles. The third-order valence-electron chi connectivity index (χ3n) is 5.92.